The molecule has 1 N–H and O–H groups in total. The van der Waals surface area contributed by atoms with Crippen LogP contribution in [0.1, 0.15) is 21.9 Å². The summed E-state index contributed by atoms with van der Waals surface area (Å²) in [6.45, 7) is 0. The van der Waals surface area contributed by atoms with Crippen molar-refractivity contribution in [2.24, 2.45) is 7.05 Å². The number of amides is 1. The number of aryl methyl sites for hydroxylation is 3. The predicted octanol–water partition coefficient (Wildman–Crippen LogP) is 4.80. The molecule has 1 amide bonds. The van der Waals surface area contributed by atoms with Gasteiger partial charge in [0.1, 0.15) is 11.5 Å². The monoisotopic (exact) mass is 421 g/mol. The maximum absolute atomic E-state index is 12.4. The van der Waals surface area contributed by atoms with Crippen LogP contribution in [-0.2, 0) is 19.9 Å². The standard InChI is InChI=1S/C26H23N5O/c1-30-24(17-18-27-30)26(32)28-20-14-11-19(12-15-20)13-16-25-29-22-9-5-6-10-23(22)31(25)21-7-3-2-4-8-21/h2-12,14-15,17-18H,13,16H2,1H3,(H,28,32). The van der Waals surface area contributed by atoms with E-state index in [1.54, 1.807) is 24.0 Å². The van der Waals surface area contributed by atoms with E-state index in [9.17, 15) is 4.79 Å². The van der Waals surface area contributed by atoms with Gasteiger partial charge in [0.05, 0.1) is 11.0 Å². The lowest BCUT2D eigenvalue weighted by atomic mass is 10.1. The van der Waals surface area contributed by atoms with E-state index >= 15 is 0 Å². The van der Waals surface area contributed by atoms with Gasteiger partial charge < -0.3 is 5.32 Å². The van der Waals surface area contributed by atoms with E-state index in [2.05, 4.69) is 39.2 Å². The molecule has 0 aliphatic rings. The van der Waals surface area contributed by atoms with E-state index in [0.717, 1.165) is 41.1 Å². The number of fused-ring (bicyclic) bond motifs is 1. The molecule has 0 atom stereocenters. The molecule has 2 heterocycles. The predicted molar refractivity (Wildman–Crippen MR) is 126 cm³/mol. The molecule has 0 fully saturated rings. The first-order chi connectivity index (χ1) is 15.7. The van der Waals surface area contributed by atoms with Crippen molar-refractivity contribution >= 4 is 22.6 Å². The maximum Gasteiger partial charge on any atom is 0.273 e. The van der Waals surface area contributed by atoms with E-state index in [1.165, 1.54) is 5.56 Å². The zero-order valence-corrected chi connectivity index (χ0v) is 17.8. The molecule has 0 unspecified atom stereocenters. The van der Waals surface area contributed by atoms with Crippen LogP contribution in [0.15, 0.2) is 91.1 Å². The third kappa shape index (κ3) is 3.90. The number of imidazole rings is 1. The quantitative estimate of drug-likeness (QED) is 0.428. The molecule has 0 saturated heterocycles. The molecule has 5 rings (SSSR count). The Morgan fingerprint density at radius 1 is 0.875 bits per heavy atom. The molecule has 6 nitrogen and oxygen atoms in total. The molecule has 158 valence electrons. The second-order valence-corrected chi connectivity index (χ2v) is 7.68. The molecular weight excluding hydrogens is 398 g/mol. The van der Waals surface area contributed by atoms with Gasteiger partial charge in [-0.25, -0.2) is 4.98 Å². The summed E-state index contributed by atoms with van der Waals surface area (Å²) in [7, 11) is 1.75. The molecule has 5 aromatic rings. The zero-order valence-electron chi connectivity index (χ0n) is 17.8. The third-order valence-electron chi connectivity index (χ3n) is 5.55. The van der Waals surface area contributed by atoms with Gasteiger partial charge in [-0.05, 0) is 54.4 Å². The van der Waals surface area contributed by atoms with Gasteiger partial charge in [0.25, 0.3) is 5.91 Å². The lowest BCUT2D eigenvalue weighted by Crippen LogP contribution is -2.16. The van der Waals surface area contributed by atoms with Crippen LogP contribution < -0.4 is 5.32 Å². The number of anilines is 1. The maximum atomic E-state index is 12.4. The molecule has 0 bridgehead atoms. The summed E-state index contributed by atoms with van der Waals surface area (Å²) < 4.78 is 3.79. The Hall–Kier alpha value is -4.19. The van der Waals surface area contributed by atoms with Crippen molar-refractivity contribution in [1.82, 2.24) is 19.3 Å². The van der Waals surface area contributed by atoms with Crippen molar-refractivity contribution in [3.05, 3.63) is 108 Å². The second-order valence-electron chi connectivity index (χ2n) is 7.68. The minimum Gasteiger partial charge on any atom is -0.321 e. The molecule has 2 aromatic heterocycles. The number of aromatic nitrogens is 4. The van der Waals surface area contributed by atoms with Crippen molar-refractivity contribution < 1.29 is 4.79 Å². The smallest absolute Gasteiger partial charge is 0.273 e. The average Bonchev–Trinajstić information content (AvgIpc) is 3.42. The Morgan fingerprint density at radius 3 is 2.38 bits per heavy atom. The van der Waals surface area contributed by atoms with Crippen molar-refractivity contribution in [2.75, 3.05) is 5.32 Å². The number of para-hydroxylation sites is 3. The van der Waals surface area contributed by atoms with E-state index in [4.69, 9.17) is 4.98 Å². The van der Waals surface area contributed by atoms with Crippen molar-refractivity contribution in [3.63, 3.8) is 0 Å². The van der Waals surface area contributed by atoms with Crippen LogP contribution in [0.2, 0.25) is 0 Å². The van der Waals surface area contributed by atoms with E-state index in [0.29, 0.717) is 5.69 Å². The van der Waals surface area contributed by atoms with Crippen molar-refractivity contribution in [1.29, 1.82) is 0 Å². The minimum absolute atomic E-state index is 0.172. The Balaban J connectivity index is 1.33. The molecular formula is C26H23N5O. The number of carbonyl (C=O) groups is 1. The van der Waals surface area contributed by atoms with E-state index in [1.807, 2.05) is 54.6 Å². The number of nitrogens with one attached hydrogen (secondary N) is 1. The van der Waals surface area contributed by atoms with Crippen LogP contribution in [0.25, 0.3) is 16.7 Å². The van der Waals surface area contributed by atoms with Gasteiger partial charge in [0.2, 0.25) is 0 Å². The minimum atomic E-state index is -0.172. The van der Waals surface area contributed by atoms with Crippen LogP contribution >= 0.6 is 0 Å². The van der Waals surface area contributed by atoms with Crippen LogP contribution in [0.3, 0.4) is 0 Å². The highest BCUT2D eigenvalue weighted by Gasteiger charge is 2.13. The van der Waals surface area contributed by atoms with Gasteiger partial charge >= 0.3 is 0 Å². The average molecular weight is 422 g/mol. The number of rotatable bonds is 6. The van der Waals surface area contributed by atoms with Crippen molar-refractivity contribution in [3.8, 4) is 5.69 Å². The van der Waals surface area contributed by atoms with E-state index in [-0.39, 0.29) is 5.91 Å². The lowest BCUT2D eigenvalue weighted by molar-refractivity contribution is 0.101. The van der Waals surface area contributed by atoms with E-state index < -0.39 is 0 Å². The first-order valence-corrected chi connectivity index (χ1v) is 10.6. The second kappa shape index (κ2) is 8.51. The number of carbonyl (C=O) groups excluding carboxylic acids is 1. The Morgan fingerprint density at radius 2 is 1.62 bits per heavy atom. The molecule has 6 heteroatoms. The molecule has 0 aliphatic heterocycles. The van der Waals surface area contributed by atoms with Gasteiger partial charge in [-0.3, -0.25) is 14.0 Å². The fraction of sp³-hybridized carbons (Fsp3) is 0.115. The van der Waals surface area contributed by atoms with Crippen LogP contribution in [0, 0.1) is 0 Å². The Bertz CT molecular complexity index is 1370. The van der Waals surface area contributed by atoms with Crippen LogP contribution in [0.4, 0.5) is 5.69 Å². The largest absolute Gasteiger partial charge is 0.321 e. The molecule has 0 aliphatic carbocycles. The third-order valence-corrected chi connectivity index (χ3v) is 5.55. The molecule has 3 aromatic carbocycles. The summed E-state index contributed by atoms with van der Waals surface area (Å²) in [5.41, 5.74) is 5.70. The Labute approximate surface area is 186 Å². The van der Waals surface area contributed by atoms with Crippen LogP contribution in [-0.4, -0.2) is 25.2 Å². The van der Waals surface area contributed by atoms with Crippen molar-refractivity contribution in [2.45, 2.75) is 12.8 Å². The highest BCUT2D eigenvalue weighted by Crippen LogP contribution is 2.23. The van der Waals surface area contributed by atoms with Gasteiger partial charge in [0, 0.05) is 31.0 Å². The first kappa shape index (κ1) is 19.8. The zero-order chi connectivity index (χ0) is 21.9. The molecule has 32 heavy (non-hydrogen) atoms. The summed E-state index contributed by atoms with van der Waals surface area (Å²) in [5.74, 6) is 0.861. The fourth-order valence-electron chi connectivity index (χ4n) is 3.91. The SMILES string of the molecule is Cn1nccc1C(=O)Nc1ccc(CCc2nc3ccccc3n2-c2ccccc2)cc1. The number of hydrogen-bond donors (Lipinski definition) is 1. The normalized spacial score (nSPS) is 11.0. The lowest BCUT2D eigenvalue weighted by Gasteiger charge is -2.10. The molecule has 0 radical (unpaired) electrons. The highest BCUT2D eigenvalue weighted by molar-refractivity contribution is 6.03. The summed E-state index contributed by atoms with van der Waals surface area (Å²) in [6, 6.07) is 28.2. The number of nitrogens with zero attached hydrogens (tertiary/aromatic N) is 4. The summed E-state index contributed by atoms with van der Waals surface area (Å²) in [4.78, 5) is 17.3. The fourth-order valence-corrected chi connectivity index (χ4v) is 3.91. The summed E-state index contributed by atoms with van der Waals surface area (Å²) in [6.07, 6.45) is 3.27. The van der Waals surface area contributed by atoms with Gasteiger partial charge in [0.15, 0.2) is 0 Å². The first-order valence-electron chi connectivity index (χ1n) is 10.6. The molecule has 0 saturated carbocycles. The van der Waals surface area contributed by atoms with Gasteiger partial charge in [-0.15, -0.1) is 0 Å². The highest BCUT2D eigenvalue weighted by atomic mass is 16.2. The summed E-state index contributed by atoms with van der Waals surface area (Å²) in [5, 5.41) is 6.96. The number of benzene rings is 3. The summed E-state index contributed by atoms with van der Waals surface area (Å²) >= 11 is 0. The molecule has 0 spiro atoms. The van der Waals surface area contributed by atoms with Gasteiger partial charge in [-0.2, -0.15) is 5.10 Å². The van der Waals surface area contributed by atoms with Gasteiger partial charge in [-0.1, -0.05) is 42.5 Å². The number of hydrogen-bond acceptors (Lipinski definition) is 3. The van der Waals surface area contributed by atoms with Crippen LogP contribution in [0.5, 0.6) is 0 Å². The Kier molecular flexibility index (Phi) is 5.25. The topological polar surface area (TPSA) is 64.7 Å².